The van der Waals surface area contributed by atoms with E-state index in [1.807, 2.05) is 13.8 Å². The van der Waals surface area contributed by atoms with Crippen LogP contribution in [0.3, 0.4) is 0 Å². The molecule has 1 unspecified atom stereocenters. The summed E-state index contributed by atoms with van der Waals surface area (Å²) in [6.45, 7) is 9.05. The van der Waals surface area contributed by atoms with Crippen LogP contribution in [0.4, 0.5) is 4.39 Å². The molecule has 0 fully saturated rings. The predicted molar refractivity (Wildman–Crippen MR) is 100 cm³/mol. The maximum atomic E-state index is 14.7. The van der Waals surface area contributed by atoms with Crippen molar-refractivity contribution < 1.29 is 23.5 Å². The van der Waals surface area contributed by atoms with Gasteiger partial charge in [-0.1, -0.05) is 44.7 Å². The average molecular weight is 373 g/mol. The smallest absolute Gasteiger partial charge is 0.337 e. The van der Waals surface area contributed by atoms with Gasteiger partial charge in [0.15, 0.2) is 0 Å². The van der Waals surface area contributed by atoms with Crippen molar-refractivity contribution in [3.63, 3.8) is 0 Å². The van der Waals surface area contributed by atoms with Crippen LogP contribution < -0.4 is 5.32 Å². The zero-order valence-corrected chi connectivity index (χ0v) is 16.0. The Bertz CT molecular complexity index is 823. The molecule has 27 heavy (non-hydrogen) atoms. The minimum absolute atomic E-state index is 0.00789. The molecular formula is C21H24FNO4. The number of esters is 2. The molecule has 0 saturated heterocycles. The summed E-state index contributed by atoms with van der Waals surface area (Å²) in [5.41, 5.74) is 1.68. The number of hydrogen-bond acceptors (Lipinski definition) is 5. The molecule has 0 bridgehead atoms. The van der Waals surface area contributed by atoms with Crippen molar-refractivity contribution in [3.05, 3.63) is 70.8 Å². The number of methoxy groups -OCH3 is 1. The fraction of sp³-hybridized carbons (Fsp3) is 0.333. The molecule has 1 aliphatic heterocycles. The van der Waals surface area contributed by atoms with Gasteiger partial charge in [0.05, 0.1) is 24.2 Å². The van der Waals surface area contributed by atoms with Crippen LogP contribution in [0.15, 0.2) is 59.5 Å². The molecule has 1 N–H and O–H groups in total. The van der Waals surface area contributed by atoms with Crippen molar-refractivity contribution in [1.29, 1.82) is 0 Å². The van der Waals surface area contributed by atoms with Crippen molar-refractivity contribution in [1.82, 2.24) is 5.32 Å². The Morgan fingerprint density at radius 3 is 2.48 bits per heavy atom. The number of rotatable bonds is 6. The molecule has 1 heterocycles. The Kier molecular flexibility index (Phi) is 6.55. The van der Waals surface area contributed by atoms with E-state index in [4.69, 9.17) is 9.47 Å². The van der Waals surface area contributed by atoms with Crippen LogP contribution >= 0.6 is 0 Å². The lowest BCUT2D eigenvalue weighted by molar-refractivity contribution is -0.138. The lowest BCUT2D eigenvalue weighted by atomic mass is 9.78. The minimum Gasteiger partial charge on any atom is -0.466 e. The van der Waals surface area contributed by atoms with Crippen LogP contribution in [0.5, 0.6) is 0 Å². The minimum atomic E-state index is -0.936. The third-order valence-corrected chi connectivity index (χ3v) is 4.34. The molecule has 6 heteroatoms. The van der Waals surface area contributed by atoms with Crippen LogP contribution in [-0.2, 0) is 19.1 Å². The molecule has 0 aromatic heterocycles. The van der Waals surface area contributed by atoms with Crippen LogP contribution in [-0.4, -0.2) is 25.7 Å². The second-order valence-corrected chi connectivity index (χ2v) is 6.48. The second-order valence-electron chi connectivity index (χ2n) is 6.48. The standard InChI is InChI=1S/C21H24FNO4/c1-6-11-27-21(25)18-17(14-9-7-8-10-15(14)22)16(20(24)26-5)13(4)23-19(18)12(2)3/h6-10,12,17,23H,1,11H2,2-5H3. The average Bonchev–Trinajstić information content (AvgIpc) is 2.64. The first-order chi connectivity index (χ1) is 12.8. The predicted octanol–water partition coefficient (Wildman–Crippen LogP) is 3.60. The van der Waals surface area contributed by atoms with E-state index in [0.29, 0.717) is 11.4 Å². The van der Waals surface area contributed by atoms with Gasteiger partial charge in [-0.3, -0.25) is 0 Å². The van der Waals surface area contributed by atoms with Gasteiger partial charge in [0.2, 0.25) is 0 Å². The van der Waals surface area contributed by atoms with Gasteiger partial charge in [0.25, 0.3) is 0 Å². The highest BCUT2D eigenvalue weighted by atomic mass is 19.1. The summed E-state index contributed by atoms with van der Waals surface area (Å²) in [5.74, 6) is -2.80. The summed E-state index contributed by atoms with van der Waals surface area (Å²) in [4.78, 5) is 25.4. The van der Waals surface area contributed by atoms with Crippen molar-refractivity contribution in [2.24, 2.45) is 5.92 Å². The largest absolute Gasteiger partial charge is 0.466 e. The number of benzene rings is 1. The summed E-state index contributed by atoms with van der Waals surface area (Å²) in [7, 11) is 1.25. The van der Waals surface area contributed by atoms with E-state index in [2.05, 4.69) is 11.9 Å². The number of halogens is 1. The second kappa shape index (κ2) is 8.66. The molecule has 2 rings (SSSR count). The topological polar surface area (TPSA) is 64.6 Å². The van der Waals surface area contributed by atoms with E-state index >= 15 is 0 Å². The fourth-order valence-electron chi connectivity index (χ4n) is 3.15. The fourth-order valence-corrected chi connectivity index (χ4v) is 3.15. The highest BCUT2D eigenvalue weighted by Gasteiger charge is 2.40. The van der Waals surface area contributed by atoms with Crippen molar-refractivity contribution in [2.75, 3.05) is 13.7 Å². The van der Waals surface area contributed by atoms with Crippen molar-refractivity contribution >= 4 is 11.9 Å². The Morgan fingerprint density at radius 2 is 1.93 bits per heavy atom. The van der Waals surface area contributed by atoms with Crippen molar-refractivity contribution in [2.45, 2.75) is 26.7 Å². The highest BCUT2D eigenvalue weighted by molar-refractivity contribution is 6.00. The Labute approximate surface area is 158 Å². The number of nitrogens with one attached hydrogen (secondary N) is 1. The molecular weight excluding hydrogens is 349 g/mol. The summed E-state index contributed by atoms with van der Waals surface area (Å²) in [5, 5.41) is 3.12. The van der Waals surface area contributed by atoms with Gasteiger partial charge in [-0.25, -0.2) is 14.0 Å². The molecule has 144 valence electrons. The van der Waals surface area contributed by atoms with Gasteiger partial charge in [0.1, 0.15) is 12.4 Å². The number of ether oxygens (including phenoxy) is 2. The quantitative estimate of drug-likeness (QED) is 0.610. The monoisotopic (exact) mass is 373 g/mol. The van der Waals surface area contributed by atoms with Gasteiger partial charge < -0.3 is 14.8 Å². The highest BCUT2D eigenvalue weighted by Crippen LogP contribution is 2.41. The molecule has 5 nitrogen and oxygen atoms in total. The Morgan fingerprint density at radius 1 is 1.26 bits per heavy atom. The number of hydrogen-bond donors (Lipinski definition) is 1. The number of dihydropyridines is 1. The van der Waals surface area contributed by atoms with Crippen LogP contribution in [0.1, 0.15) is 32.3 Å². The van der Waals surface area contributed by atoms with Gasteiger partial charge in [-0.05, 0) is 18.9 Å². The van der Waals surface area contributed by atoms with E-state index in [0.717, 1.165) is 0 Å². The first kappa shape index (κ1) is 20.4. The van der Waals surface area contributed by atoms with E-state index in [1.165, 1.54) is 19.3 Å². The first-order valence-corrected chi connectivity index (χ1v) is 8.66. The third kappa shape index (κ3) is 4.10. The van der Waals surface area contributed by atoms with Gasteiger partial charge in [0, 0.05) is 17.0 Å². The van der Waals surface area contributed by atoms with E-state index in [-0.39, 0.29) is 29.2 Å². The summed E-state index contributed by atoms with van der Waals surface area (Å²) < 4.78 is 24.8. The molecule has 1 aliphatic rings. The Hall–Kier alpha value is -2.89. The van der Waals surface area contributed by atoms with E-state index in [1.54, 1.807) is 25.1 Å². The lowest BCUT2D eigenvalue weighted by Gasteiger charge is -2.33. The van der Waals surface area contributed by atoms with E-state index in [9.17, 15) is 14.0 Å². The van der Waals surface area contributed by atoms with Gasteiger partial charge in [-0.15, -0.1) is 0 Å². The molecule has 0 saturated carbocycles. The first-order valence-electron chi connectivity index (χ1n) is 8.66. The normalized spacial score (nSPS) is 16.9. The number of carbonyl (C=O) groups is 2. The summed E-state index contributed by atoms with van der Waals surface area (Å²) in [6, 6.07) is 6.06. The summed E-state index contributed by atoms with van der Waals surface area (Å²) in [6.07, 6.45) is 1.45. The lowest BCUT2D eigenvalue weighted by Crippen LogP contribution is -2.35. The summed E-state index contributed by atoms with van der Waals surface area (Å²) >= 11 is 0. The number of carbonyl (C=O) groups excluding carboxylic acids is 2. The van der Waals surface area contributed by atoms with Crippen LogP contribution in [0, 0.1) is 11.7 Å². The number of allylic oxidation sites excluding steroid dienone is 2. The maximum Gasteiger partial charge on any atom is 0.337 e. The molecule has 0 aliphatic carbocycles. The third-order valence-electron chi connectivity index (χ3n) is 4.34. The zero-order chi connectivity index (χ0) is 20.1. The van der Waals surface area contributed by atoms with Crippen molar-refractivity contribution in [3.8, 4) is 0 Å². The van der Waals surface area contributed by atoms with Crippen LogP contribution in [0.25, 0.3) is 0 Å². The molecule has 1 aromatic carbocycles. The molecule has 1 atom stereocenters. The Balaban J connectivity index is 2.76. The molecule has 0 amide bonds. The van der Waals surface area contributed by atoms with E-state index < -0.39 is 23.7 Å². The zero-order valence-electron chi connectivity index (χ0n) is 16.0. The molecule has 0 spiro atoms. The van der Waals surface area contributed by atoms with Gasteiger partial charge in [-0.2, -0.15) is 0 Å². The van der Waals surface area contributed by atoms with Gasteiger partial charge >= 0.3 is 11.9 Å². The molecule has 1 aromatic rings. The van der Waals surface area contributed by atoms with Crippen LogP contribution in [0.2, 0.25) is 0 Å². The SMILES string of the molecule is C=CCOC(=O)C1=C(C(C)C)NC(C)=C(C(=O)OC)C1c1ccccc1F. The molecule has 0 radical (unpaired) electrons. The maximum absolute atomic E-state index is 14.7.